The topological polar surface area (TPSA) is 0 Å². The van der Waals surface area contributed by atoms with E-state index in [0.29, 0.717) is 0 Å². The summed E-state index contributed by atoms with van der Waals surface area (Å²) in [5.74, 6) is 0. The molecule has 0 nitrogen and oxygen atoms in total. The molecule has 0 aliphatic carbocycles. The van der Waals surface area contributed by atoms with E-state index in [1.54, 1.807) is 0 Å². The van der Waals surface area contributed by atoms with Crippen LogP contribution in [0.2, 0.25) is 0 Å². The average Bonchev–Trinajstić information content (AvgIpc) is 3.21. The number of hydrogen-bond donors (Lipinski definition) is 0. The summed E-state index contributed by atoms with van der Waals surface area (Å²) in [7, 11) is -1.13. The Balaban J connectivity index is 1.61. The first-order valence-electron chi connectivity index (χ1n) is 13.9. The second kappa shape index (κ2) is 8.58. The van der Waals surface area contributed by atoms with Gasteiger partial charge in [-0.15, -0.1) is 0 Å². The van der Waals surface area contributed by atoms with Crippen LogP contribution in [0.25, 0.3) is 65.7 Å². The number of hydrogen-bond acceptors (Lipinski definition) is 0. The second-order valence-electron chi connectivity index (χ2n) is 11.4. The first-order valence-corrected chi connectivity index (χ1v) is 16.4. The molecule has 0 radical (unpaired) electrons. The molecule has 0 N–H and O–H groups in total. The highest BCUT2D eigenvalue weighted by Crippen LogP contribution is 2.68. The van der Waals surface area contributed by atoms with Crippen LogP contribution in [-0.2, 0) is 0 Å². The molecule has 1 heterocycles. The van der Waals surface area contributed by atoms with Gasteiger partial charge in [0.1, 0.15) is 0 Å². The predicted octanol–water partition coefficient (Wildman–Crippen LogP) is 11.3. The van der Waals surface area contributed by atoms with Crippen LogP contribution in [0.5, 0.6) is 0 Å². The SMILES string of the molecule is Cc1ccc(-c2c3ccccc3c(-c3cccc4ccccc34)c3cc4c(cc23)-c2ccccc2S4(C)C)cc1. The molecule has 7 aromatic rings. The third-order valence-electron chi connectivity index (χ3n) is 8.80. The van der Waals surface area contributed by atoms with Crippen molar-refractivity contribution in [2.24, 2.45) is 0 Å². The van der Waals surface area contributed by atoms with Gasteiger partial charge in [-0.3, -0.25) is 0 Å². The van der Waals surface area contributed by atoms with Crippen LogP contribution in [0.4, 0.5) is 0 Å². The molecule has 0 spiro atoms. The number of benzene rings is 7. The lowest BCUT2D eigenvalue weighted by Gasteiger charge is -2.29. The van der Waals surface area contributed by atoms with E-state index in [0.717, 1.165) is 0 Å². The summed E-state index contributed by atoms with van der Waals surface area (Å²) in [6.07, 6.45) is 4.92. The molecule has 0 unspecified atom stereocenters. The Kier molecular flexibility index (Phi) is 5.05. The standard InChI is InChI=1S/C39H30S/c1-25-19-21-27(22-20-25)38-31-15-6-7-16-32(31)39(30-17-10-12-26-11-4-5-13-28(26)30)35-24-37-33(23-34(35)38)29-14-8-9-18-36(29)40(37,2)3/h4-24H,1-3H3. The van der Waals surface area contributed by atoms with E-state index in [-0.39, 0.29) is 0 Å². The maximum atomic E-state index is 2.56. The third-order valence-corrected chi connectivity index (χ3v) is 11.7. The minimum atomic E-state index is -1.13. The van der Waals surface area contributed by atoms with Crippen molar-refractivity contribution in [3.8, 4) is 33.4 Å². The second-order valence-corrected chi connectivity index (χ2v) is 14.9. The fraction of sp³-hybridized carbons (Fsp3) is 0.0769. The molecule has 40 heavy (non-hydrogen) atoms. The summed E-state index contributed by atoms with van der Waals surface area (Å²) >= 11 is 0. The van der Waals surface area contributed by atoms with Gasteiger partial charge in [-0.2, -0.15) is 10.0 Å². The van der Waals surface area contributed by atoms with Crippen molar-refractivity contribution < 1.29 is 0 Å². The van der Waals surface area contributed by atoms with Crippen molar-refractivity contribution in [3.05, 3.63) is 133 Å². The molecule has 0 bridgehead atoms. The maximum Gasteiger partial charge on any atom is 0.00219 e. The summed E-state index contributed by atoms with van der Waals surface area (Å²) < 4.78 is 0. The van der Waals surface area contributed by atoms with Crippen LogP contribution in [-0.4, -0.2) is 12.5 Å². The molecule has 192 valence electrons. The summed E-state index contributed by atoms with van der Waals surface area (Å²) in [6, 6.07) is 47.8. The van der Waals surface area contributed by atoms with Crippen molar-refractivity contribution in [2.75, 3.05) is 12.5 Å². The number of rotatable bonds is 2. The average molecular weight is 531 g/mol. The van der Waals surface area contributed by atoms with Gasteiger partial charge in [0.25, 0.3) is 0 Å². The smallest absolute Gasteiger partial charge is 0.00219 e. The number of fused-ring (bicyclic) bond motifs is 6. The van der Waals surface area contributed by atoms with Gasteiger partial charge in [0.05, 0.1) is 0 Å². The van der Waals surface area contributed by atoms with Crippen LogP contribution in [0.3, 0.4) is 0 Å². The Bertz CT molecular complexity index is 2130. The van der Waals surface area contributed by atoms with E-state index in [1.807, 2.05) is 0 Å². The molecular formula is C39H30S. The Hall–Kier alpha value is -4.33. The summed E-state index contributed by atoms with van der Waals surface area (Å²) in [5, 5.41) is 7.87. The van der Waals surface area contributed by atoms with E-state index in [1.165, 1.54) is 81.1 Å². The van der Waals surface area contributed by atoms with E-state index in [4.69, 9.17) is 0 Å². The van der Waals surface area contributed by atoms with Crippen LogP contribution >= 0.6 is 10.0 Å². The van der Waals surface area contributed by atoms with Gasteiger partial charge < -0.3 is 0 Å². The molecule has 1 heteroatoms. The van der Waals surface area contributed by atoms with Crippen LogP contribution in [0, 0.1) is 6.92 Å². The maximum absolute atomic E-state index is 2.56. The van der Waals surface area contributed by atoms with E-state index < -0.39 is 10.0 Å². The van der Waals surface area contributed by atoms with Crippen molar-refractivity contribution in [2.45, 2.75) is 16.7 Å². The highest BCUT2D eigenvalue weighted by Gasteiger charge is 2.33. The molecule has 7 aromatic carbocycles. The highest BCUT2D eigenvalue weighted by atomic mass is 32.3. The Labute approximate surface area is 237 Å². The molecule has 1 aliphatic heterocycles. The zero-order valence-corrected chi connectivity index (χ0v) is 23.8. The quantitative estimate of drug-likeness (QED) is 0.195. The van der Waals surface area contributed by atoms with Gasteiger partial charge in [-0.1, -0.05) is 115 Å². The Morgan fingerprint density at radius 1 is 0.425 bits per heavy atom. The fourth-order valence-electron chi connectivity index (χ4n) is 6.85. The molecule has 1 aliphatic rings. The van der Waals surface area contributed by atoms with Gasteiger partial charge in [0, 0.05) is 9.79 Å². The third kappa shape index (κ3) is 3.28. The first kappa shape index (κ1) is 23.5. The van der Waals surface area contributed by atoms with Gasteiger partial charge in [-0.25, -0.2) is 0 Å². The van der Waals surface area contributed by atoms with Crippen molar-refractivity contribution in [1.29, 1.82) is 0 Å². The lowest BCUT2D eigenvalue weighted by Crippen LogP contribution is -1.95. The van der Waals surface area contributed by atoms with Crippen LogP contribution in [0.15, 0.2) is 137 Å². The van der Waals surface area contributed by atoms with Crippen LogP contribution in [0.1, 0.15) is 5.56 Å². The zero-order valence-electron chi connectivity index (χ0n) is 23.0. The normalized spacial score (nSPS) is 14.4. The number of aryl methyl sites for hydroxylation is 1. The molecule has 0 atom stereocenters. The van der Waals surface area contributed by atoms with Gasteiger partial charge >= 0.3 is 0 Å². The molecule has 0 amide bonds. The lowest BCUT2D eigenvalue weighted by atomic mass is 9.83. The molecule has 0 saturated carbocycles. The first-order chi connectivity index (χ1) is 19.5. The van der Waals surface area contributed by atoms with E-state index in [9.17, 15) is 0 Å². The Morgan fingerprint density at radius 3 is 1.82 bits per heavy atom. The lowest BCUT2D eigenvalue weighted by molar-refractivity contribution is 1.46. The summed E-state index contributed by atoms with van der Waals surface area (Å²) in [5.41, 5.74) is 9.32. The summed E-state index contributed by atoms with van der Waals surface area (Å²) in [4.78, 5) is 2.99. The van der Waals surface area contributed by atoms with E-state index >= 15 is 0 Å². The van der Waals surface area contributed by atoms with E-state index in [2.05, 4.69) is 147 Å². The van der Waals surface area contributed by atoms with Crippen molar-refractivity contribution in [3.63, 3.8) is 0 Å². The Morgan fingerprint density at radius 2 is 1.02 bits per heavy atom. The molecule has 0 fully saturated rings. The van der Waals surface area contributed by atoms with Gasteiger partial charge in [0.2, 0.25) is 0 Å². The van der Waals surface area contributed by atoms with Crippen molar-refractivity contribution in [1.82, 2.24) is 0 Å². The molecular weight excluding hydrogens is 500 g/mol. The predicted molar refractivity (Wildman–Crippen MR) is 176 cm³/mol. The largest absolute Gasteiger partial charge is 0.192 e. The monoisotopic (exact) mass is 530 g/mol. The summed E-state index contributed by atoms with van der Waals surface area (Å²) in [6.45, 7) is 2.16. The molecule has 0 aromatic heterocycles. The fourth-order valence-corrected chi connectivity index (χ4v) is 9.37. The zero-order chi connectivity index (χ0) is 27.0. The van der Waals surface area contributed by atoms with Gasteiger partial charge in [0.15, 0.2) is 0 Å². The minimum Gasteiger partial charge on any atom is -0.192 e. The highest BCUT2D eigenvalue weighted by molar-refractivity contribution is 8.33. The molecule has 8 rings (SSSR count). The minimum absolute atomic E-state index is 1.13. The molecule has 0 saturated heterocycles. The van der Waals surface area contributed by atoms with Gasteiger partial charge in [-0.05, 0) is 103 Å². The van der Waals surface area contributed by atoms with Crippen LogP contribution < -0.4 is 0 Å². The van der Waals surface area contributed by atoms with Crippen molar-refractivity contribution >= 4 is 42.3 Å².